The summed E-state index contributed by atoms with van der Waals surface area (Å²) in [5.74, 6) is 0.168. The highest BCUT2D eigenvalue weighted by molar-refractivity contribution is 7.47. The van der Waals surface area contributed by atoms with Crippen molar-refractivity contribution in [1.29, 1.82) is 0 Å². The summed E-state index contributed by atoms with van der Waals surface area (Å²) in [6.45, 7) is 10.2. The van der Waals surface area contributed by atoms with Crippen molar-refractivity contribution in [3.05, 3.63) is 67.9 Å². The molecule has 4 heterocycles. The highest BCUT2D eigenvalue weighted by Crippen LogP contribution is 2.50. The van der Waals surface area contributed by atoms with Crippen molar-refractivity contribution < 1.29 is 28.0 Å². The number of carbonyl (C=O) groups excluding carboxylic acids is 1. The Hall–Kier alpha value is -3.89. The average molecular weight is 566 g/mol. The van der Waals surface area contributed by atoms with Crippen LogP contribution in [0.15, 0.2) is 67.9 Å². The number of carbonyl (C=O) groups is 1. The Morgan fingerprint density at radius 2 is 1.88 bits per heavy atom. The molecule has 40 heavy (non-hydrogen) atoms. The van der Waals surface area contributed by atoms with Gasteiger partial charge in [0.2, 0.25) is 11.8 Å². The summed E-state index contributed by atoms with van der Waals surface area (Å²) in [5.41, 5.74) is 3.28. The third-order valence-corrected chi connectivity index (χ3v) is 7.29. The van der Waals surface area contributed by atoms with Crippen LogP contribution in [0.4, 0.5) is 5.69 Å². The Morgan fingerprint density at radius 3 is 2.55 bits per heavy atom. The molecule has 4 aromatic heterocycles. The van der Waals surface area contributed by atoms with Gasteiger partial charge in [0.1, 0.15) is 11.9 Å². The fourth-order valence-corrected chi connectivity index (χ4v) is 5.35. The van der Waals surface area contributed by atoms with E-state index >= 15 is 0 Å². The minimum absolute atomic E-state index is 0.260. The summed E-state index contributed by atoms with van der Waals surface area (Å²) >= 11 is 0. The van der Waals surface area contributed by atoms with Crippen LogP contribution in [-0.4, -0.2) is 50.1 Å². The summed E-state index contributed by atoms with van der Waals surface area (Å²) in [7, 11) is -1.22. The van der Waals surface area contributed by atoms with Gasteiger partial charge >= 0.3 is 7.82 Å². The summed E-state index contributed by atoms with van der Waals surface area (Å²) in [4.78, 5) is 37.2. The molecule has 2 atom stereocenters. The summed E-state index contributed by atoms with van der Waals surface area (Å²) in [6.07, 6.45) is 8.70. The van der Waals surface area contributed by atoms with Crippen molar-refractivity contribution in [3.63, 3.8) is 0 Å². The number of phosphoric acid groups is 1. The van der Waals surface area contributed by atoms with Gasteiger partial charge in [-0.2, -0.15) is 0 Å². The van der Waals surface area contributed by atoms with E-state index in [4.69, 9.17) is 18.8 Å². The molecule has 0 spiro atoms. The molecule has 0 radical (unpaired) electrons. The number of hydrogen-bond donors (Lipinski definition) is 1. The Kier molecular flexibility index (Phi) is 8.23. The van der Waals surface area contributed by atoms with E-state index in [0.29, 0.717) is 17.2 Å². The number of aromatic nitrogens is 4. The number of fused-ring (bicyclic) bond motifs is 1. The summed E-state index contributed by atoms with van der Waals surface area (Å²) in [5, 5.41) is 0.742. The second-order valence-corrected chi connectivity index (χ2v) is 11.4. The zero-order valence-electron chi connectivity index (χ0n) is 23.2. The highest BCUT2D eigenvalue weighted by Gasteiger charge is 2.32. The van der Waals surface area contributed by atoms with Gasteiger partial charge in [-0.1, -0.05) is 6.58 Å². The lowest BCUT2D eigenvalue weighted by Crippen LogP contribution is -2.23. The first-order chi connectivity index (χ1) is 18.8. The Bertz CT molecular complexity index is 1610. The number of rotatable bonds is 9. The molecule has 0 aliphatic heterocycles. The minimum atomic E-state index is -4.40. The van der Waals surface area contributed by atoms with Crippen molar-refractivity contribution in [1.82, 2.24) is 19.5 Å². The molecule has 0 aromatic carbocycles. The van der Waals surface area contributed by atoms with Gasteiger partial charge in [0, 0.05) is 60.0 Å². The molecule has 0 aliphatic carbocycles. The average Bonchev–Trinajstić information content (AvgIpc) is 3.30. The fraction of sp³-hybridized carbons (Fsp3) is 0.286. The third kappa shape index (κ3) is 6.46. The second kappa shape index (κ2) is 11.3. The normalized spacial score (nSPS) is 14.0. The lowest BCUT2D eigenvalue weighted by molar-refractivity contribution is -0.113. The van der Waals surface area contributed by atoms with E-state index in [1.807, 2.05) is 18.2 Å². The number of nitrogens with zero attached hydrogens (tertiary/aromatic N) is 5. The van der Waals surface area contributed by atoms with E-state index in [2.05, 4.69) is 16.5 Å². The molecule has 1 amide bonds. The monoisotopic (exact) mass is 565 g/mol. The van der Waals surface area contributed by atoms with Crippen LogP contribution in [0.2, 0.25) is 0 Å². The maximum absolute atomic E-state index is 12.7. The molecule has 1 N–H and O–H groups in total. The number of ether oxygens (including phenoxy) is 1. The topological polar surface area (TPSA) is 129 Å². The number of phosphoric ester groups is 1. The highest BCUT2D eigenvalue weighted by atomic mass is 31.2. The van der Waals surface area contributed by atoms with Gasteiger partial charge in [0.05, 0.1) is 24.6 Å². The maximum atomic E-state index is 12.7. The van der Waals surface area contributed by atoms with Crippen LogP contribution >= 0.6 is 7.82 Å². The summed E-state index contributed by atoms with van der Waals surface area (Å²) < 4.78 is 30.5. The van der Waals surface area contributed by atoms with Crippen LogP contribution in [0.5, 0.6) is 5.88 Å². The fourth-order valence-electron chi connectivity index (χ4n) is 4.13. The van der Waals surface area contributed by atoms with Crippen molar-refractivity contribution in [2.75, 3.05) is 19.1 Å². The third-order valence-electron chi connectivity index (χ3n) is 5.94. The van der Waals surface area contributed by atoms with Gasteiger partial charge < -0.3 is 19.1 Å². The second-order valence-electron chi connectivity index (χ2n) is 10.0. The molecule has 4 rings (SSSR count). The number of likely N-dealkylation sites (N-methyl/N-ethyl adjacent to an activating group) is 1. The van der Waals surface area contributed by atoms with Crippen LogP contribution < -0.4 is 9.64 Å². The minimum Gasteiger partial charge on any atom is -0.481 e. The molecule has 0 saturated heterocycles. The molecule has 0 aliphatic rings. The molecule has 12 heteroatoms. The molecular weight excluding hydrogens is 533 g/mol. The van der Waals surface area contributed by atoms with Crippen LogP contribution in [0.3, 0.4) is 0 Å². The molecule has 0 saturated carbocycles. The number of amides is 1. The predicted molar refractivity (Wildman–Crippen MR) is 153 cm³/mol. The van der Waals surface area contributed by atoms with Gasteiger partial charge in [0.15, 0.2) is 0 Å². The number of anilines is 1. The van der Waals surface area contributed by atoms with Crippen LogP contribution in [0, 0.1) is 0 Å². The number of methoxy groups -OCH3 is 1. The molecule has 2 unspecified atom stereocenters. The first kappa shape index (κ1) is 29.1. The summed E-state index contributed by atoms with van der Waals surface area (Å²) in [6, 6.07) is 7.39. The van der Waals surface area contributed by atoms with E-state index in [-0.39, 0.29) is 5.91 Å². The molecule has 0 bridgehead atoms. The van der Waals surface area contributed by atoms with Crippen molar-refractivity contribution in [2.24, 2.45) is 0 Å². The number of pyridine rings is 3. The van der Waals surface area contributed by atoms with Crippen molar-refractivity contribution >= 4 is 30.5 Å². The first-order valence-corrected chi connectivity index (χ1v) is 13.9. The standard InChI is InChI=1S/C28H32N5O6P/c1-8-26(34)32(6)22-11-20(14-29-16-22)21-12-23-24(19-9-10-30-25(13-19)37-7)17-33(27(23)31-15-21)18(2)38-40(35,36)39-28(3,4)5/h8-18H,1H2,2-7H3,(H,35,36). The Balaban J connectivity index is 1.84. The first-order valence-electron chi connectivity index (χ1n) is 12.4. The van der Waals surface area contributed by atoms with Gasteiger partial charge in [0.25, 0.3) is 0 Å². The quantitative estimate of drug-likeness (QED) is 0.199. The van der Waals surface area contributed by atoms with E-state index in [0.717, 1.165) is 27.6 Å². The van der Waals surface area contributed by atoms with E-state index in [9.17, 15) is 14.3 Å². The van der Waals surface area contributed by atoms with Crippen molar-refractivity contribution in [2.45, 2.75) is 39.5 Å². The van der Waals surface area contributed by atoms with Gasteiger partial charge in [-0.25, -0.2) is 14.5 Å². The van der Waals surface area contributed by atoms with Gasteiger partial charge in [-0.05, 0) is 57.5 Å². The van der Waals surface area contributed by atoms with Crippen LogP contribution in [0.1, 0.15) is 33.9 Å². The lowest BCUT2D eigenvalue weighted by Gasteiger charge is -2.25. The lowest BCUT2D eigenvalue weighted by atomic mass is 10.0. The van der Waals surface area contributed by atoms with Crippen LogP contribution in [0.25, 0.3) is 33.3 Å². The molecular formula is C28H32N5O6P. The van der Waals surface area contributed by atoms with Gasteiger partial charge in [-0.3, -0.25) is 18.8 Å². The zero-order valence-corrected chi connectivity index (χ0v) is 24.1. The molecule has 210 valence electrons. The van der Waals surface area contributed by atoms with Crippen LogP contribution in [-0.2, 0) is 18.4 Å². The largest absolute Gasteiger partial charge is 0.481 e. The zero-order chi connectivity index (χ0) is 29.2. The predicted octanol–water partition coefficient (Wildman–Crippen LogP) is 5.77. The smallest absolute Gasteiger partial charge is 0.474 e. The van der Waals surface area contributed by atoms with Crippen molar-refractivity contribution in [3.8, 4) is 28.1 Å². The number of hydrogen-bond acceptors (Lipinski definition) is 8. The van der Waals surface area contributed by atoms with E-state index < -0.39 is 19.7 Å². The Morgan fingerprint density at radius 1 is 1.15 bits per heavy atom. The van der Waals surface area contributed by atoms with E-state index in [1.165, 1.54) is 18.1 Å². The van der Waals surface area contributed by atoms with Gasteiger partial charge in [-0.15, -0.1) is 0 Å². The molecule has 4 aromatic rings. The Labute approximate surface area is 232 Å². The SMILES string of the molecule is C=CC(=O)N(C)c1cncc(-c2cnc3c(c2)c(-c2ccnc(OC)c2)cn3C(C)OP(=O)(O)OC(C)(C)C)c1. The molecule has 0 fully saturated rings. The van der Waals surface area contributed by atoms with E-state index in [1.54, 1.807) is 76.4 Å². The molecule has 11 nitrogen and oxygen atoms in total. The maximum Gasteiger partial charge on any atom is 0.474 e.